The van der Waals surface area contributed by atoms with Crippen LogP contribution in [0.1, 0.15) is 39.7 Å². The molecule has 1 fully saturated rings. The van der Waals surface area contributed by atoms with E-state index in [1.807, 2.05) is 6.92 Å². The lowest BCUT2D eigenvalue weighted by Crippen LogP contribution is -2.58. The maximum Gasteiger partial charge on any atom is 0.148 e. The standard InChI is InChI=1S/C14H25N5O/c1-5-9-12(16-8-17-13(9)19-15)18-10-7-11(20-6-2)14(10,3)4/h8,10-11H,5-7,15H2,1-4H3,(H2,16,17,18,19). The predicted molar refractivity (Wildman–Crippen MR) is 80.4 cm³/mol. The van der Waals surface area contributed by atoms with E-state index in [0.717, 1.165) is 30.8 Å². The van der Waals surface area contributed by atoms with Crippen LogP contribution in [0.15, 0.2) is 6.33 Å². The zero-order valence-electron chi connectivity index (χ0n) is 12.7. The lowest BCUT2D eigenvalue weighted by molar-refractivity contribution is -0.0976. The zero-order valence-corrected chi connectivity index (χ0v) is 12.7. The first-order valence-corrected chi connectivity index (χ1v) is 7.23. The number of nitrogen functional groups attached to an aromatic ring is 1. The van der Waals surface area contributed by atoms with Gasteiger partial charge in [0.2, 0.25) is 0 Å². The van der Waals surface area contributed by atoms with Crippen LogP contribution in [0.5, 0.6) is 0 Å². The van der Waals surface area contributed by atoms with Crippen molar-refractivity contribution >= 4 is 11.6 Å². The number of hydrazine groups is 1. The number of nitrogens with two attached hydrogens (primary N) is 1. The number of ether oxygens (including phenoxy) is 1. The highest BCUT2D eigenvalue weighted by Gasteiger charge is 2.49. The lowest BCUT2D eigenvalue weighted by Gasteiger charge is -2.52. The van der Waals surface area contributed by atoms with Gasteiger partial charge < -0.3 is 15.5 Å². The van der Waals surface area contributed by atoms with Gasteiger partial charge in [-0.25, -0.2) is 15.8 Å². The molecule has 1 heterocycles. The molecule has 1 aliphatic rings. The molecule has 0 spiro atoms. The third kappa shape index (κ3) is 2.58. The normalized spacial score (nSPS) is 24.1. The maximum absolute atomic E-state index is 5.76. The molecule has 6 nitrogen and oxygen atoms in total. The first kappa shape index (κ1) is 15.0. The Morgan fingerprint density at radius 1 is 1.35 bits per heavy atom. The van der Waals surface area contributed by atoms with E-state index in [1.54, 1.807) is 0 Å². The Balaban J connectivity index is 2.12. The second-order valence-corrected chi connectivity index (χ2v) is 5.75. The van der Waals surface area contributed by atoms with Crippen LogP contribution in [0.2, 0.25) is 0 Å². The van der Waals surface area contributed by atoms with E-state index in [2.05, 4.69) is 41.5 Å². The highest BCUT2D eigenvalue weighted by Crippen LogP contribution is 2.44. The van der Waals surface area contributed by atoms with Crippen LogP contribution in [0.4, 0.5) is 11.6 Å². The first-order valence-electron chi connectivity index (χ1n) is 7.23. The summed E-state index contributed by atoms with van der Waals surface area (Å²) in [7, 11) is 0. The largest absolute Gasteiger partial charge is 0.378 e. The molecule has 0 saturated heterocycles. The zero-order chi connectivity index (χ0) is 14.8. The molecule has 20 heavy (non-hydrogen) atoms. The van der Waals surface area contributed by atoms with Gasteiger partial charge in [0, 0.05) is 23.6 Å². The van der Waals surface area contributed by atoms with Crippen molar-refractivity contribution in [1.82, 2.24) is 9.97 Å². The molecule has 0 radical (unpaired) electrons. The molecule has 1 saturated carbocycles. The average molecular weight is 279 g/mol. The molecule has 0 aromatic carbocycles. The van der Waals surface area contributed by atoms with E-state index in [9.17, 15) is 0 Å². The van der Waals surface area contributed by atoms with Gasteiger partial charge in [0.1, 0.15) is 18.0 Å². The minimum atomic E-state index is 0.0995. The predicted octanol–water partition coefficient (Wildman–Crippen LogP) is 1.94. The Labute approximate surface area is 120 Å². The summed E-state index contributed by atoms with van der Waals surface area (Å²) in [5.74, 6) is 7.05. The minimum absolute atomic E-state index is 0.0995. The Morgan fingerprint density at radius 2 is 2.05 bits per heavy atom. The van der Waals surface area contributed by atoms with Gasteiger partial charge in [-0.2, -0.15) is 0 Å². The van der Waals surface area contributed by atoms with Crippen molar-refractivity contribution in [3.63, 3.8) is 0 Å². The van der Waals surface area contributed by atoms with E-state index in [4.69, 9.17) is 10.6 Å². The third-order valence-corrected chi connectivity index (χ3v) is 4.29. The summed E-state index contributed by atoms with van der Waals surface area (Å²) in [5.41, 5.74) is 3.75. The van der Waals surface area contributed by atoms with Gasteiger partial charge in [0.15, 0.2) is 0 Å². The smallest absolute Gasteiger partial charge is 0.148 e. The van der Waals surface area contributed by atoms with Crippen LogP contribution in [0.3, 0.4) is 0 Å². The maximum atomic E-state index is 5.76. The topological polar surface area (TPSA) is 85.1 Å². The van der Waals surface area contributed by atoms with Crippen molar-refractivity contribution in [3.8, 4) is 0 Å². The molecular weight excluding hydrogens is 254 g/mol. The van der Waals surface area contributed by atoms with E-state index < -0.39 is 0 Å². The van der Waals surface area contributed by atoms with Crippen LogP contribution in [0.25, 0.3) is 0 Å². The molecule has 2 atom stereocenters. The highest BCUT2D eigenvalue weighted by atomic mass is 16.5. The quantitative estimate of drug-likeness (QED) is 0.545. The van der Waals surface area contributed by atoms with E-state index >= 15 is 0 Å². The molecule has 2 unspecified atom stereocenters. The number of anilines is 2. The molecule has 2 rings (SSSR count). The molecule has 1 aromatic heterocycles. The summed E-state index contributed by atoms with van der Waals surface area (Å²) in [5, 5.41) is 3.52. The van der Waals surface area contributed by atoms with Crippen LogP contribution in [-0.2, 0) is 11.2 Å². The van der Waals surface area contributed by atoms with Crippen molar-refractivity contribution < 1.29 is 4.74 Å². The summed E-state index contributed by atoms with van der Waals surface area (Å²) in [4.78, 5) is 8.51. The number of hydrogen-bond donors (Lipinski definition) is 3. The number of nitrogens with zero attached hydrogens (tertiary/aromatic N) is 2. The van der Waals surface area contributed by atoms with Crippen molar-refractivity contribution in [1.29, 1.82) is 0 Å². The van der Waals surface area contributed by atoms with E-state index in [0.29, 0.717) is 18.0 Å². The Morgan fingerprint density at radius 3 is 2.60 bits per heavy atom. The number of rotatable bonds is 6. The van der Waals surface area contributed by atoms with Crippen LogP contribution in [-0.4, -0.2) is 28.7 Å². The molecule has 1 aliphatic carbocycles. The monoisotopic (exact) mass is 279 g/mol. The minimum Gasteiger partial charge on any atom is -0.378 e. The molecule has 0 amide bonds. The van der Waals surface area contributed by atoms with Crippen molar-refractivity contribution in [3.05, 3.63) is 11.9 Å². The molecule has 0 aliphatic heterocycles. The van der Waals surface area contributed by atoms with Crippen LogP contribution >= 0.6 is 0 Å². The fourth-order valence-electron chi connectivity index (χ4n) is 2.78. The Bertz CT molecular complexity index is 463. The molecule has 4 N–H and O–H groups in total. The van der Waals surface area contributed by atoms with Gasteiger partial charge in [-0.3, -0.25) is 0 Å². The summed E-state index contributed by atoms with van der Waals surface area (Å²) >= 11 is 0. The molecular formula is C14H25N5O. The number of hydrogen-bond acceptors (Lipinski definition) is 6. The van der Waals surface area contributed by atoms with Crippen molar-refractivity contribution in [2.45, 2.75) is 52.7 Å². The van der Waals surface area contributed by atoms with Gasteiger partial charge in [-0.05, 0) is 19.8 Å². The molecule has 112 valence electrons. The fraction of sp³-hybridized carbons (Fsp3) is 0.714. The average Bonchev–Trinajstić information content (AvgIpc) is 2.45. The second-order valence-electron chi connectivity index (χ2n) is 5.75. The van der Waals surface area contributed by atoms with Gasteiger partial charge >= 0.3 is 0 Å². The second kappa shape index (κ2) is 5.93. The first-order chi connectivity index (χ1) is 9.54. The molecule has 6 heteroatoms. The summed E-state index contributed by atoms with van der Waals surface area (Å²) in [6.45, 7) is 9.32. The van der Waals surface area contributed by atoms with E-state index in [1.165, 1.54) is 6.33 Å². The summed E-state index contributed by atoms with van der Waals surface area (Å²) < 4.78 is 5.76. The summed E-state index contributed by atoms with van der Waals surface area (Å²) in [6.07, 6.45) is 3.66. The fourth-order valence-corrected chi connectivity index (χ4v) is 2.78. The van der Waals surface area contributed by atoms with Gasteiger partial charge in [0.25, 0.3) is 0 Å². The van der Waals surface area contributed by atoms with Gasteiger partial charge in [-0.15, -0.1) is 0 Å². The molecule has 0 bridgehead atoms. The van der Waals surface area contributed by atoms with Crippen molar-refractivity contribution in [2.75, 3.05) is 17.3 Å². The van der Waals surface area contributed by atoms with E-state index in [-0.39, 0.29) is 5.41 Å². The number of nitrogens with one attached hydrogen (secondary N) is 2. The van der Waals surface area contributed by atoms with Gasteiger partial charge in [-0.1, -0.05) is 20.8 Å². The van der Waals surface area contributed by atoms with Crippen LogP contribution in [0, 0.1) is 5.41 Å². The Hall–Kier alpha value is -1.40. The highest BCUT2D eigenvalue weighted by molar-refractivity contribution is 5.57. The van der Waals surface area contributed by atoms with Crippen LogP contribution < -0.4 is 16.6 Å². The third-order valence-electron chi connectivity index (χ3n) is 4.29. The SMILES string of the molecule is CCOC1CC(Nc2ncnc(NN)c2CC)C1(C)C. The lowest BCUT2D eigenvalue weighted by atomic mass is 9.64. The molecule has 1 aromatic rings. The van der Waals surface area contributed by atoms with Crippen molar-refractivity contribution in [2.24, 2.45) is 11.3 Å². The summed E-state index contributed by atoms with van der Waals surface area (Å²) in [6, 6.07) is 0.352. The Kier molecular flexibility index (Phi) is 4.45. The number of aromatic nitrogens is 2. The van der Waals surface area contributed by atoms with Gasteiger partial charge in [0.05, 0.1) is 6.10 Å².